The average Bonchev–Trinajstić information content (AvgIpc) is 2.74. The zero-order valence-corrected chi connectivity index (χ0v) is 17.5. The molecule has 1 saturated carbocycles. The lowest BCUT2D eigenvalue weighted by Crippen LogP contribution is -2.50. The van der Waals surface area contributed by atoms with E-state index in [4.69, 9.17) is 9.47 Å². The molecular weight excluding hydrogens is 380 g/mol. The summed E-state index contributed by atoms with van der Waals surface area (Å²) in [6.45, 7) is 0.752. The molecule has 0 spiro atoms. The molecule has 0 aromatic heterocycles. The highest BCUT2D eigenvalue weighted by Gasteiger charge is 2.32. The second kappa shape index (κ2) is 9.13. The van der Waals surface area contributed by atoms with Crippen LogP contribution in [0, 0.1) is 5.92 Å². The smallest absolute Gasteiger partial charge is 0.243 e. The molecule has 1 aromatic carbocycles. The number of ether oxygens (including phenoxy) is 2. The van der Waals surface area contributed by atoms with Crippen molar-refractivity contribution < 1.29 is 22.7 Å². The first kappa shape index (κ1) is 20.9. The van der Waals surface area contributed by atoms with E-state index < -0.39 is 10.0 Å². The summed E-state index contributed by atoms with van der Waals surface area (Å²) in [5, 5.41) is 3.09. The number of carbonyl (C=O) groups is 1. The van der Waals surface area contributed by atoms with Gasteiger partial charge in [-0.25, -0.2) is 8.42 Å². The van der Waals surface area contributed by atoms with Gasteiger partial charge in [-0.1, -0.05) is 19.3 Å². The molecule has 1 aliphatic carbocycles. The number of hydrogen-bond acceptors (Lipinski definition) is 5. The number of amides is 1. The Morgan fingerprint density at radius 3 is 2.43 bits per heavy atom. The van der Waals surface area contributed by atoms with Gasteiger partial charge in [-0.05, 0) is 37.8 Å². The fourth-order valence-corrected chi connectivity index (χ4v) is 5.63. The molecule has 1 aliphatic heterocycles. The van der Waals surface area contributed by atoms with Gasteiger partial charge in [0.25, 0.3) is 0 Å². The third-order valence-corrected chi connectivity index (χ3v) is 7.56. The van der Waals surface area contributed by atoms with Crippen molar-refractivity contribution in [1.82, 2.24) is 9.62 Å². The van der Waals surface area contributed by atoms with Gasteiger partial charge in [-0.15, -0.1) is 0 Å². The molecule has 7 nitrogen and oxygen atoms in total. The number of hydrogen-bond donors (Lipinski definition) is 1. The molecule has 1 amide bonds. The number of sulfonamides is 1. The lowest BCUT2D eigenvalue weighted by atomic mass is 9.88. The van der Waals surface area contributed by atoms with Gasteiger partial charge in [0.05, 0.1) is 19.1 Å². The van der Waals surface area contributed by atoms with Crippen molar-refractivity contribution in [3.63, 3.8) is 0 Å². The van der Waals surface area contributed by atoms with E-state index in [1.807, 2.05) is 0 Å². The van der Waals surface area contributed by atoms with Crippen LogP contribution < -0.4 is 14.8 Å². The second-order valence-electron chi connectivity index (χ2n) is 7.56. The van der Waals surface area contributed by atoms with Crippen molar-refractivity contribution in [3.05, 3.63) is 18.2 Å². The summed E-state index contributed by atoms with van der Waals surface area (Å²) in [6.07, 6.45) is 6.80. The van der Waals surface area contributed by atoms with Crippen LogP contribution in [0.15, 0.2) is 23.1 Å². The van der Waals surface area contributed by atoms with Crippen molar-refractivity contribution in [2.75, 3.05) is 27.3 Å². The van der Waals surface area contributed by atoms with Crippen LogP contribution in [-0.4, -0.2) is 52.0 Å². The van der Waals surface area contributed by atoms with Gasteiger partial charge in [0.1, 0.15) is 0 Å². The molecule has 8 heteroatoms. The highest BCUT2D eigenvalue weighted by atomic mass is 32.2. The van der Waals surface area contributed by atoms with Gasteiger partial charge in [-0.2, -0.15) is 4.31 Å². The number of nitrogens with zero attached hydrogens (tertiary/aromatic N) is 1. The van der Waals surface area contributed by atoms with Crippen LogP contribution >= 0.6 is 0 Å². The number of rotatable bonds is 6. The van der Waals surface area contributed by atoms with Gasteiger partial charge in [0.2, 0.25) is 15.9 Å². The average molecular weight is 411 g/mol. The van der Waals surface area contributed by atoms with Crippen LogP contribution in [-0.2, 0) is 14.8 Å². The maximum atomic E-state index is 13.1. The first-order valence-corrected chi connectivity index (χ1v) is 11.4. The van der Waals surface area contributed by atoms with Crippen molar-refractivity contribution in [1.29, 1.82) is 0 Å². The molecular formula is C20H30N2O5S. The Labute approximate surface area is 167 Å². The van der Waals surface area contributed by atoms with Crippen LogP contribution in [0.3, 0.4) is 0 Å². The topological polar surface area (TPSA) is 84.9 Å². The maximum Gasteiger partial charge on any atom is 0.243 e. The Kier molecular flexibility index (Phi) is 6.82. The van der Waals surface area contributed by atoms with Gasteiger partial charge in [0.15, 0.2) is 11.5 Å². The van der Waals surface area contributed by atoms with Gasteiger partial charge in [0, 0.05) is 31.1 Å². The molecule has 0 radical (unpaired) electrons. The monoisotopic (exact) mass is 410 g/mol. The number of piperidine rings is 1. The van der Waals surface area contributed by atoms with E-state index in [9.17, 15) is 13.2 Å². The van der Waals surface area contributed by atoms with E-state index in [2.05, 4.69) is 5.32 Å². The molecule has 2 aliphatic rings. The van der Waals surface area contributed by atoms with Crippen LogP contribution in [0.1, 0.15) is 44.9 Å². The fraction of sp³-hybridized carbons (Fsp3) is 0.650. The van der Waals surface area contributed by atoms with E-state index in [1.54, 1.807) is 6.07 Å². The Morgan fingerprint density at radius 2 is 1.75 bits per heavy atom. The van der Waals surface area contributed by atoms with Crippen molar-refractivity contribution in [3.8, 4) is 11.5 Å². The van der Waals surface area contributed by atoms with Crippen molar-refractivity contribution in [2.45, 2.75) is 55.9 Å². The fourth-order valence-electron chi connectivity index (χ4n) is 4.09. The quantitative estimate of drug-likeness (QED) is 0.779. The van der Waals surface area contributed by atoms with E-state index in [-0.39, 0.29) is 22.8 Å². The Hall–Kier alpha value is -1.80. The highest BCUT2D eigenvalue weighted by molar-refractivity contribution is 7.89. The summed E-state index contributed by atoms with van der Waals surface area (Å²) in [5.41, 5.74) is 0. The molecule has 3 rings (SSSR count). The number of methoxy groups -OCH3 is 2. The Bertz CT molecular complexity index is 790. The minimum absolute atomic E-state index is 0.0755. The normalized spacial score (nSPS) is 21.9. The van der Waals surface area contributed by atoms with Crippen LogP contribution in [0.2, 0.25) is 0 Å². The molecule has 2 fully saturated rings. The SMILES string of the molecule is COc1ccc(S(=O)(=O)N2CCC[C@H](NC(=O)C3CCCCC3)C2)cc1OC. The predicted octanol–water partition coefficient (Wildman–Crippen LogP) is 2.55. The van der Waals surface area contributed by atoms with Crippen molar-refractivity contribution >= 4 is 15.9 Å². The maximum absolute atomic E-state index is 13.1. The zero-order chi connectivity index (χ0) is 20.1. The molecule has 1 heterocycles. The Morgan fingerprint density at radius 1 is 1.04 bits per heavy atom. The summed E-state index contributed by atoms with van der Waals surface area (Å²) in [4.78, 5) is 12.7. The van der Waals surface area contributed by atoms with Crippen molar-refractivity contribution in [2.24, 2.45) is 5.92 Å². The lowest BCUT2D eigenvalue weighted by Gasteiger charge is -2.33. The first-order valence-electron chi connectivity index (χ1n) is 9.98. The molecule has 1 N–H and O–H groups in total. The van der Waals surface area contributed by atoms with E-state index in [0.29, 0.717) is 24.6 Å². The summed E-state index contributed by atoms with van der Waals surface area (Å²) in [5.74, 6) is 1.02. The van der Waals surface area contributed by atoms with Gasteiger partial charge >= 0.3 is 0 Å². The summed E-state index contributed by atoms with van der Waals surface area (Å²) >= 11 is 0. The number of benzene rings is 1. The summed E-state index contributed by atoms with van der Waals surface area (Å²) < 4.78 is 38.1. The third kappa shape index (κ3) is 4.60. The van der Waals surface area contributed by atoms with E-state index >= 15 is 0 Å². The highest BCUT2D eigenvalue weighted by Crippen LogP contribution is 2.31. The van der Waals surface area contributed by atoms with E-state index in [0.717, 1.165) is 38.5 Å². The lowest BCUT2D eigenvalue weighted by molar-refractivity contribution is -0.126. The Balaban J connectivity index is 1.69. The minimum atomic E-state index is -3.67. The number of carbonyl (C=O) groups excluding carboxylic acids is 1. The van der Waals surface area contributed by atoms with Gasteiger partial charge in [-0.3, -0.25) is 4.79 Å². The second-order valence-corrected chi connectivity index (χ2v) is 9.50. The number of nitrogens with one attached hydrogen (secondary N) is 1. The standard InChI is InChI=1S/C20H30N2O5S/c1-26-18-11-10-17(13-19(18)27-2)28(24,25)22-12-6-9-16(14-22)21-20(23)15-7-4-3-5-8-15/h10-11,13,15-16H,3-9,12,14H2,1-2H3,(H,21,23)/t16-/m0/s1. The van der Waals surface area contributed by atoms with Crippen LogP contribution in [0.4, 0.5) is 0 Å². The summed E-state index contributed by atoms with van der Waals surface area (Å²) in [6, 6.07) is 4.47. The molecule has 0 unspecified atom stereocenters. The van der Waals surface area contributed by atoms with Crippen LogP contribution in [0.25, 0.3) is 0 Å². The molecule has 28 heavy (non-hydrogen) atoms. The summed E-state index contributed by atoms with van der Waals surface area (Å²) in [7, 11) is -0.678. The van der Waals surface area contributed by atoms with Gasteiger partial charge < -0.3 is 14.8 Å². The molecule has 1 aromatic rings. The molecule has 1 saturated heterocycles. The molecule has 1 atom stereocenters. The zero-order valence-electron chi connectivity index (χ0n) is 16.6. The minimum Gasteiger partial charge on any atom is -0.493 e. The molecule has 0 bridgehead atoms. The first-order chi connectivity index (χ1) is 13.5. The van der Waals surface area contributed by atoms with Crippen LogP contribution in [0.5, 0.6) is 11.5 Å². The third-order valence-electron chi connectivity index (χ3n) is 5.70. The molecule has 156 valence electrons. The largest absolute Gasteiger partial charge is 0.493 e. The van der Waals surface area contributed by atoms with E-state index in [1.165, 1.54) is 37.1 Å². The predicted molar refractivity (Wildman–Crippen MR) is 106 cm³/mol.